The summed E-state index contributed by atoms with van der Waals surface area (Å²) in [5, 5.41) is 0. The minimum absolute atomic E-state index is 0.637. The average Bonchev–Trinajstić information content (AvgIpc) is 2.38. The predicted octanol–water partition coefficient (Wildman–Crippen LogP) is 3.70. The predicted molar refractivity (Wildman–Crippen MR) is 70.6 cm³/mol. The molecule has 0 atom stereocenters. The van der Waals surface area contributed by atoms with Crippen molar-refractivity contribution >= 4 is 0 Å². The first-order valence-corrected chi connectivity index (χ1v) is 5.93. The maximum Gasteiger partial charge on any atom is 0.105 e. The molecule has 1 rings (SSSR count). The molecular weight excluding hydrogens is 212 g/mol. The van der Waals surface area contributed by atoms with Gasteiger partial charge in [0, 0.05) is 0 Å². The van der Waals surface area contributed by atoms with Crippen LogP contribution >= 0.6 is 0 Å². The highest BCUT2D eigenvalue weighted by Crippen LogP contribution is 2.00. The molecule has 0 aliphatic carbocycles. The van der Waals surface area contributed by atoms with E-state index in [9.17, 15) is 0 Å². The summed E-state index contributed by atoms with van der Waals surface area (Å²) in [6.45, 7) is 4.01. The Kier molecular flexibility index (Phi) is 7.69. The molecule has 0 unspecified atom stereocenters. The van der Waals surface area contributed by atoms with Gasteiger partial charge in [0.2, 0.25) is 0 Å². The Morgan fingerprint density at radius 1 is 1.12 bits per heavy atom. The minimum Gasteiger partial charge on any atom is -0.497 e. The van der Waals surface area contributed by atoms with Crippen molar-refractivity contribution in [1.82, 2.24) is 0 Å². The van der Waals surface area contributed by atoms with E-state index in [2.05, 4.69) is 12.1 Å². The number of hydrogen-bond donors (Lipinski definition) is 0. The molecule has 0 aromatic heterocycles. The molecule has 0 aliphatic rings. The summed E-state index contributed by atoms with van der Waals surface area (Å²) in [5.41, 5.74) is 1.21. The zero-order valence-electron chi connectivity index (χ0n) is 10.3. The SMILES string of the molecule is C/C=C/CO/C=C/CCOCc1ccccc1. The van der Waals surface area contributed by atoms with E-state index in [0.29, 0.717) is 13.2 Å². The van der Waals surface area contributed by atoms with Crippen LogP contribution < -0.4 is 0 Å². The first-order chi connectivity index (χ1) is 8.43. The van der Waals surface area contributed by atoms with Crippen molar-refractivity contribution in [2.75, 3.05) is 13.2 Å². The second kappa shape index (κ2) is 9.67. The molecule has 2 heteroatoms. The molecule has 0 bridgehead atoms. The molecule has 0 fully saturated rings. The van der Waals surface area contributed by atoms with Crippen LogP contribution in [0.3, 0.4) is 0 Å². The molecular formula is C15H20O2. The van der Waals surface area contributed by atoms with Gasteiger partial charge in [0.05, 0.1) is 19.5 Å². The molecule has 0 heterocycles. The van der Waals surface area contributed by atoms with Crippen LogP contribution in [0.2, 0.25) is 0 Å². The molecule has 2 nitrogen and oxygen atoms in total. The Balaban J connectivity index is 1.98. The van der Waals surface area contributed by atoms with Crippen LogP contribution in [-0.4, -0.2) is 13.2 Å². The standard InChI is InChI=1S/C15H20O2/c1-2-3-11-16-12-7-8-13-17-14-15-9-5-4-6-10-15/h2-7,9-10,12H,8,11,13-14H2,1H3/b3-2+,12-7+. The molecule has 0 amide bonds. The Morgan fingerprint density at radius 3 is 2.71 bits per heavy atom. The quantitative estimate of drug-likeness (QED) is 0.386. The van der Waals surface area contributed by atoms with Gasteiger partial charge in [-0.05, 0) is 25.0 Å². The van der Waals surface area contributed by atoms with Gasteiger partial charge in [-0.1, -0.05) is 42.5 Å². The van der Waals surface area contributed by atoms with Gasteiger partial charge in [0.15, 0.2) is 0 Å². The number of allylic oxidation sites excluding steroid dienone is 1. The van der Waals surface area contributed by atoms with Gasteiger partial charge >= 0.3 is 0 Å². The molecule has 17 heavy (non-hydrogen) atoms. The van der Waals surface area contributed by atoms with Crippen LogP contribution in [0.5, 0.6) is 0 Å². The first-order valence-electron chi connectivity index (χ1n) is 5.93. The van der Waals surface area contributed by atoms with E-state index in [1.54, 1.807) is 6.26 Å². The lowest BCUT2D eigenvalue weighted by molar-refractivity contribution is 0.125. The van der Waals surface area contributed by atoms with E-state index in [-0.39, 0.29) is 0 Å². The summed E-state index contributed by atoms with van der Waals surface area (Å²) < 4.78 is 10.7. The van der Waals surface area contributed by atoms with Crippen molar-refractivity contribution in [1.29, 1.82) is 0 Å². The topological polar surface area (TPSA) is 18.5 Å². The zero-order valence-corrected chi connectivity index (χ0v) is 10.3. The highest BCUT2D eigenvalue weighted by molar-refractivity contribution is 5.13. The number of benzene rings is 1. The first kappa shape index (κ1) is 13.5. The van der Waals surface area contributed by atoms with Crippen molar-refractivity contribution in [3.8, 4) is 0 Å². The lowest BCUT2D eigenvalue weighted by Gasteiger charge is -2.01. The third kappa shape index (κ3) is 7.36. The van der Waals surface area contributed by atoms with Gasteiger partial charge in [-0.3, -0.25) is 0 Å². The third-order valence-corrected chi connectivity index (χ3v) is 2.16. The molecule has 0 aliphatic heterocycles. The fourth-order valence-electron chi connectivity index (χ4n) is 1.26. The molecule has 0 N–H and O–H groups in total. The van der Waals surface area contributed by atoms with Gasteiger partial charge in [0.1, 0.15) is 6.61 Å². The largest absolute Gasteiger partial charge is 0.497 e. The lowest BCUT2D eigenvalue weighted by atomic mass is 10.2. The van der Waals surface area contributed by atoms with Crippen molar-refractivity contribution in [3.63, 3.8) is 0 Å². The monoisotopic (exact) mass is 232 g/mol. The minimum atomic E-state index is 0.637. The molecule has 0 saturated heterocycles. The fraction of sp³-hybridized carbons (Fsp3) is 0.333. The smallest absolute Gasteiger partial charge is 0.105 e. The molecule has 0 saturated carbocycles. The zero-order chi connectivity index (χ0) is 12.2. The van der Waals surface area contributed by atoms with Crippen LogP contribution in [0.4, 0.5) is 0 Å². The normalized spacial score (nSPS) is 11.4. The van der Waals surface area contributed by atoms with Gasteiger partial charge in [-0.15, -0.1) is 0 Å². The van der Waals surface area contributed by atoms with Crippen LogP contribution in [0.1, 0.15) is 18.9 Å². The maximum atomic E-state index is 5.53. The van der Waals surface area contributed by atoms with E-state index < -0.39 is 0 Å². The van der Waals surface area contributed by atoms with E-state index in [0.717, 1.165) is 13.0 Å². The van der Waals surface area contributed by atoms with E-state index in [4.69, 9.17) is 9.47 Å². The van der Waals surface area contributed by atoms with Gasteiger partial charge in [-0.2, -0.15) is 0 Å². The molecule has 1 aromatic rings. The van der Waals surface area contributed by atoms with Crippen LogP contribution in [0.15, 0.2) is 54.8 Å². The second-order valence-electron chi connectivity index (χ2n) is 3.60. The van der Waals surface area contributed by atoms with Crippen LogP contribution in [0.25, 0.3) is 0 Å². The maximum absolute atomic E-state index is 5.53. The highest BCUT2D eigenvalue weighted by Gasteiger charge is 1.89. The molecule has 0 spiro atoms. The Labute approximate surface area is 104 Å². The third-order valence-electron chi connectivity index (χ3n) is 2.16. The van der Waals surface area contributed by atoms with E-state index in [1.165, 1.54) is 5.56 Å². The van der Waals surface area contributed by atoms with Crippen molar-refractivity contribution < 1.29 is 9.47 Å². The fourth-order valence-corrected chi connectivity index (χ4v) is 1.26. The average molecular weight is 232 g/mol. The summed E-state index contributed by atoms with van der Waals surface area (Å²) in [6.07, 6.45) is 8.52. The summed E-state index contributed by atoms with van der Waals surface area (Å²) in [6, 6.07) is 10.2. The van der Waals surface area contributed by atoms with Crippen molar-refractivity contribution in [2.45, 2.75) is 20.0 Å². The second-order valence-corrected chi connectivity index (χ2v) is 3.60. The molecule has 92 valence electrons. The summed E-state index contributed by atoms with van der Waals surface area (Å²) in [4.78, 5) is 0. The number of hydrogen-bond acceptors (Lipinski definition) is 2. The highest BCUT2D eigenvalue weighted by atomic mass is 16.5. The number of rotatable bonds is 8. The van der Waals surface area contributed by atoms with Gasteiger partial charge < -0.3 is 9.47 Å². The van der Waals surface area contributed by atoms with E-state index >= 15 is 0 Å². The Bertz CT molecular complexity index is 328. The van der Waals surface area contributed by atoms with E-state index in [1.807, 2.05) is 43.4 Å². The molecule has 1 aromatic carbocycles. The lowest BCUT2D eigenvalue weighted by Crippen LogP contribution is -1.94. The van der Waals surface area contributed by atoms with Crippen LogP contribution in [-0.2, 0) is 16.1 Å². The summed E-state index contributed by atoms with van der Waals surface area (Å²) in [5.74, 6) is 0. The molecule has 0 radical (unpaired) electrons. The van der Waals surface area contributed by atoms with Crippen molar-refractivity contribution in [2.24, 2.45) is 0 Å². The summed E-state index contributed by atoms with van der Waals surface area (Å²) in [7, 11) is 0. The van der Waals surface area contributed by atoms with Crippen molar-refractivity contribution in [3.05, 3.63) is 60.4 Å². The Morgan fingerprint density at radius 2 is 1.94 bits per heavy atom. The number of ether oxygens (including phenoxy) is 2. The van der Waals surface area contributed by atoms with Crippen LogP contribution in [0, 0.1) is 0 Å². The van der Waals surface area contributed by atoms with Gasteiger partial charge in [-0.25, -0.2) is 0 Å². The Hall–Kier alpha value is -1.54. The summed E-state index contributed by atoms with van der Waals surface area (Å²) >= 11 is 0. The van der Waals surface area contributed by atoms with Gasteiger partial charge in [0.25, 0.3) is 0 Å².